The van der Waals surface area contributed by atoms with Crippen molar-refractivity contribution in [2.45, 2.75) is 44.1 Å². The third-order valence-electron chi connectivity index (χ3n) is 5.46. The Morgan fingerprint density at radius 3 is 2.29 bits per heavy atom. The monoisotopic (exact) mass is 539 g/mol. The number of benzene rings is 2. The number of hydrogen-bond acceptors (Lipinski definition) is 8. The number of pyridine rings is 1. The van der Waals surface area contributed by atoms with Gasteiger partial charge in [-0.3, -0.25) is 9.59 Å². The topological polar surface area (TPSA) is 141 Å². The van der Waals surface area contributed by atoms with E-state index in [9.17, 15) is 22.8 Å². The number of carbonyl (C=O) groups is 3. The Balaban J connectivity index is 1.49. The fourth-order valence-corrected chi connectivity index (χ4v) is 4.17. The Hall–Kier alpha value is -4.25. The van der Waals surface area contributed by atoms with Crippen LogP contribution >= 0.6 is 0 Å². The van der Waals surface area contributed by atoms with E-state index in [-0.39, 0.29) is 34.8 Å². The molecular formula is C27H29N3O7S. The summed E-state index contributed by atoms with van der Waals surface area (Å²) in [5.41, 5.74) is 1.70. The van der Waals surface area contributed by atoms with Gasteiger partial charge in [-0.05, 0) is 49.1 Å². The van der Waals surface area contributed by atoms with Gasteiger partial charge in [0.25, 0.3) is 15.9 Å². The number of rotatable bonds is 11. The summed E-state index contributed by atoms with van der Waals surface area (Å²) >= 11 is 0. The summed E-state index contributed by atoms with van der Waals surface area (Å²) < 4.78 is 37.2. The molecule has 2 aromatic carbocycles. The molecule has 200 valence electrons. The molecule has 0 radical (unpaired) electrons. The van der Waals surface area contributed by atoms with Crippen molar-refractivity contribution in [1.29, 1.82) is 0 Å². The maximum Gasteiger partial charge on any atom is 0.515 e. The Morgan fingerprint density at radius 1 is 0.947 bits per heavy atom. The lowest BCUT2D eigenvalue weighted by Gasteiger charge is -2.10. The minimum absolute atomic E-state index is 0.0425. The van der Waals surface area contributed by atoms with E-state index >= 15 is 0 Å². The summed E-state index contributed by atoms with van der Waals surface area (Å²) in [4.78, 5) is 39.9. The van der Waals surface area contributed by atoms with Crippen LogP contribution in [0.2, 0.25) is 0 Å². The Kier molecular flexibility index (Phi) is 9.94. The summed E-state index contributed by atoms with van der Waals surface area (Å²) in [6, 6.07) is 17.9. The lowest BCUT2D eigenvalue weighted by molar-refractivity contribution is -0.120. The van der Waals surface area contributed by atoms with E-state index in [1.165, 1.54) is 24.3 Å². The molecule has 3 aromatic rings. The molecule has 0 bridgehead atoms. The first-order valence-corrected chi connectivity index (χ1v) is 13.5. The van der Waals surface area contributed by atoms with Gasteiger partial charge < -0.3 is 14.8 Å². The van der Waals surface area contributed by atoms with Crippen LogP contribution in [0.15, 0.2) is 77.8 Å². The number of hydrogen-bond donors (Lipinski definition) is 2. The van der Waals surface area contributed by atoms with Gasteiger partial charge in [0.05, 0.1) is 16.9 Å². The second kappa shape index (κ2) is 13.3. The second-order valence-corrected chi connectivity index (χ2v) is 10.1. The van der Waals surface area contributed by atoms with Crippen LogP contribution in [-0.4, -0.2) is 44.0 Å². The van der Waals surface area contributed by atoms with Gasteiger partial charge in [-0.15, -0.1) is 0 Å². The van der Waals surface area contributed by atoms with Gasteiger partial charge in [0, 0.05) is 18.8 Å². The van der Waals surface area contributed by atoms with E-state index in [0.717, 1.165) is 17.3 Å². The van der Waals surface area contributed by atoms with Gasteiger partial charge in [-0.1, -0.05) is 49.4 Å². The molecule has 38 heavy (non-hydrogen) atoms. The lowest BCUT2D eigenvalue weighted by Crippen LogP contribution is -2.30. The molecule has 0 saturated carbocycles. The van der Waals surface area contributed by atoms with E-state index in [4.69, 9.17) is 9.47 Å². The molecule has 2 N–H and O–H groups in total. The molecule has 0 unspecified atom stereocenters. The van der Waals surface area contributed by atoms with Crippen molar-refractivity contribution in [2.24, 2.45) is 0 Å². The van der Waals surface area contributed by atoms with Crippen LogP contribution in [0.4, 0.5) is 4.79 Å². The highest BCUT2D eigenvalue weighted by Crippen LogP contribution is 2.14. The van der Waals surface area contributed by atoms with Gasteiger partial charge in [0.15, 0.2) is 0 Å². The first-order valence-electron chi connectivity index (χ1n) is 12.0. The number of sulfonamides is 1. The van der Waals surface area contributed by atoms with E-state index in [0.29, 0.717) is 19.4 Å². The molecule has 0 aliphatic carbocycles. The van der Waals surface area contributed by atoms with Crippen molar-refractivity contribution in [3.63, 3.8) is 0 Å². The summed E-state index contributed by atoms with van der Waals surface area (Å²) in [6.45, 7) is 3.96. The van der Waals surface area contributed by atoms with Crippen molar-refractivity contribution in [3.05, 3.63) is 89.6 Å². The predicted molar refractivity (Wildman–Crippen MR) is 139 cm³/mol. The summed E-state index contributed by atoms with van der Waals surface area (Å²) in [7, 11) is -4.14. The molecule has 0 aliphatic rings. The van der Waals surface area contributed by atoms with Gasteiger partial charge in [-0.2, -0.15) is 0 Å². The fraction of sp³-hybridized carbons (Fsp3) is 0.259. The first-order chi connectivity index (χ1) is 18.2. The number of aromatic nitrogens is 1. The molecule has 10 nitrogen and oxygen atoms in total. The van der Waals surface area contributed by atoms with Gasteiger partial charge >= 0.3 is 6.16 Å². The standard InChI is InChI=1S/C27H29N3O7S/c1-3-19(2)36-27(33)37-25-14-11-22(18-29-25)26(32)30-38(34,35)23-12-9-20(10-13-23)15-16-28-24(31)17-21-7-5-4-6-8-21/h4-14,18-19H,3,15-17H2,1-2H3,(H,28,31)(H,30,32)/t19-/m0/s1. The second-order valence-electron chi connectivity index (χ2n) is 8.41. The maximum absolute atomic E-state index is 12.7. The molecule has 2 amide bonds. The van der Waals surface area contributed by atoms with Crippen LogP contribution in [0.5, 0.6) is 5.88 Å². The summed E-state index contributed by atoms with van der Waals surface area (Å²) in [6.07, 6.45) is 1.26. The molecular weight excluding hydrogens is 510 g/mol. The Labute approximate surface area is 221 Å². The quantitative estimate of drug-likeness (QED) is 0.353. The van der Waals surface area contributed by atoms with E-state index in [1.54, 1.807) is 19.1 Å². The highest BCUT2D eigenvalue weighted by Gasteiger charge is 2.19. The van der Waals surface area contributed by atoms with Crippen molar-refractivity contribution in [1.82, 2.24) is 15.0 Å². The largest absolute Gasteiger partial charge is 0.515 e. The number of amides is 2. The minimum Gasteiger partial charge on any atom is -0.431 e. The number of carbonyl (C=O) groups excluding carboxylic acids is 3. The van der Waals surface area contributed by atoms with Crippen molar-refractivity contribution < 1.29 is 32.3 Å². The molecule has 11 heteroatoms. The number of nitrogens with zero attached hydrogens (tertiary/aromatic N) is 1. The molecule has 0 spiro atoms. The average molecular weight is 540 g/mol. The van der Waals surface area contributed by atoms with E-state index in [2.05, 4.69) is 10.3 Å². The van der Waals surface area contributed by atoms with Gasteiger partial charge in [-0.25, -0.2) is 22.9 Å². The smallest absolute Gasteiger partial charge is 0.431 e. The third-order valence-corrected chi connectivity index (χ3v) is 6.81. The van der Waals surface area contributed by atoms with Crippen LogP contribution in [0.3, 0.4) is 0 Å². The molecule has 0 aliphatic heterocycles. The molecule has 0 saturated heterocycles. The molecule has 1 heterocycles. The normalized spacial score (nSPS) is 11.7. The van der Waals surface area contributed by atoms with Crippen LogP contribution in [-0.2, 0) is 32.4 Å². The Morgan fingerprint density at radius 2 is 1.66 bits per heavy atom. The lowest BCUT2D eigenvalue weighted by atomic mass is 10.1. The molecule has 1 aromatic heterocycles. The van der Waals surface area contributed by atoms with Crippen molar-refractivity contribution in [2.75, 3.05) is 6.54 Å². The zero-order chi connectivity index (χ0) is 27.5. The zero-order valence-electron chi connectivity index (χ0n) is 21.0. The van der Waals surface area contributed by atoms with Gasteiger partial charge in [0.2, 0.25) is 11.8 Å². The average Bonchev–Trinajstić information content (AvgIpc) is 2.89. The van der Waals surface area contributed by atoms with E-state index < -0.39 is 22.1 Å². The van der Waals surface area contributed by atoms with Crippen LogP contribution in [0, 0.1) is 0 Å². The van der Waals surface area contributed by atoms with Crippen LogP contribution in [0.1, 0.15) is 41.8 Å². The number of nitrogens with one attached hydrogen (secondary N) is 2. The van der Waals surface area contributed by atoms with Gasteiger partial charge in [0.1, 0.15) is 6.10 Å². The zero-order valence-corrected chi connectivity index (χ0v) is 21.9. The molecule has 0 fully saturated rings. The highest BCUT2D eigenvalue weighted by atomic mass is 32.2. The first kappa shape index (κ1) is 28.3. The van der Waals surface area contributed by atoms with Crippen molar-refractivity contribution in [3.8, 4) is 5.88 Å². The Bertz CT molecular complexity index is 1340. The summed E-state index contributed by atoms with van der Waals surface area (Å²) in [5.74, 6) is -1.08. The highest BCUT2D eigenvalue weighted by molar-refractivity contribution is 7.90. The fourth-order valence-electron chi connectivity index (χ4n) is 3.20. The van der Waals surface area contributed by atoms with E-state index in [1.807, 2.05) is 42.0 Å². The molecule has 3 rings (SSSR count). The van der Waals surface area contributed by atoms with Crippen molar-refractivity contribution >= 4 is 28.0 Å². The summed E-state index contributed by atoms with van der Waals surface area (Å²) in [5, 5.41) is 2.84. The molecule has 1 atom stereocenters. The maximum atomic E-state index is 12.7. The number of ether oxygens (including phenoxy) is 2. The minimum atomic E-state index is -4.14. The van der Waals surface area contributed by atoms with Crippen LogP contribution in [0.25, 0.3) is 0 Å². The van der Waals surface area contributed by atoms with Crippen LogP contribution < -0.4 is 14.8 Å². The third kappa shape index (κ3) is 8.70. The predicted octanol–water partition coefficient (Wildman–Crippen LogP) is 3.42. The SMILES string of the molecule is CC[C@H](C)OC(=O)Oc1ccc(C(=O)NS(=O)(=O)c2ccc(CCNC(=O)Cc3ccccc3)cc2)cn1.